The van der Waals surface area contributed by atoms with Crippen molar-refractivity contribution in [2.24, 2.45) is 0 Å². The number of hydrogen-bond donors (Lipinski definition) is 0. The van der Waals surface area contributed by atoms with Crippen LogP contribution >= 0.6 is 23.2 Å². The molecule has 8 nitrogen and oxygen atoms in total. The molecule has 3 aromatic rings. The van der Waals surface area contributed by atoms with E-state index >= 15 is 0 Å². The van der Waals surface area contributed by atoms with Crippen LogP contribution in [0.3, 0.4) is 0 Å². The molecule has 2 aromatic carbocycles. The van der Waals surface area contributed by atoms with Crippen LogP contribution in [-0.4, -0.2) is 21.0 Å². The van der Waals surface area contributed by atoms with Crippen LogP contribution in [0.25, 0.3) is 11.4 Å². The van der Waals surface area contributed by atoms with Crippen LogP contribution in [0.2, 0.25) is 10.0 Å². The fraction of sp³-hybridized carbons (Fsp3) is 0.0625. The van der Waals surface area contributed by atoms with Gasteiger partial charge in [0.25, 0.3) is 11.6 Å². The van der Waals surface area contributed by atoms with Crippen LogP contribution in [0.4, 0.5) is 5.69 Å². The second-order valence-corrected chi connectivity index (χ2v) is 5.83. The van der Waals surface area contributed by atoms with Gasteiger partial charge in [-0.25, -0.2) is 4.79 Å². The zero-order valence-electron chi connectivity index (χ0n) is 12.9. The topological polar surface area (TPSA) is 108 Å². The fourth-order valence-electron chi connectivity index (χ4n) is 2.10. The Bertz CT molecular complexity index is 990. The quantitative estimate of drug-likeness (QED) is 0.360. The van der Waals surface area contributed by atoms with Crippen LogP contribution in [0.1, 0.15) is 16.2 Å². The molecule has 26 heavy (non-hydrogen) atoms. The molecule has 0 saturated carbocycles. The van der Waals surface area contributed by atoms with E-state index in [-0.39, 0.29) is 28.9 Å². The fourth-order valence-corrected chi connectivity index (χ4v) is 2.49. The SMILES string of the molecule is O=C(OCc1nc(-c2ccccc2Cl)no1)c1ccc(Cl)cc1[N+](=O)[O-]. The Kier molecular flexibility index (Phi) is 5.15. The highest BCUT2D eigenvalue weighted by Gasteiger charge is 2.22. The highest BCUT2D eigenvalue weighted by atomic mass is 35.5. The molecular formula is C16H9Cl2N3O5. The van der Waals surface area contributed by atoms with Crippen molar-refractivity contribution in [3.8, 4) is 11.4 Å². The molecule has 0 spiro atoms. The van der Waals surface area contributed by atoms with Gasteiger partial charge in [0.1, 0.15) is 5.56 Å². The molecule has 0 saturated heterocycles. The van der Waals surface area contributed by atoms with E-state index in [1.165, 1.54) is 12.1 Å². The molecule has 10 heteroatoms. The summed E-state index contributed by atoms with van der Waals surface area (Å²) in [6.45, 7) is -0.351. The number of aromatic nitrogens is 2. The van der Waals surface area contributed by atoms with Gasteiger partial charge >= 0.3 is 5.97 Å². The molecule has 0 aliphatic rings. The number of esters is 1. The van der Waals surface area contributed by atoms with Gasteiger partial charge in [-0.2, -0.15) is 4.98 Å². The van der Waals surface area contributed by atoms with Gasteiger partial charge in [-0.1, -0.05) is 40.5 Å². The molecule has 0 unspecified atom stereocenters. The Morgan fingerprint density at radius 1 is 1.23 bits per heavy atom. The predicted molar refractivity (Wildman–Crippen MR) is 92.0 cm³/mol. The van der Waals surface area contributed by atoms with E-state index in [9.17, 15) is 14.9 Å². The van der Waals surface area contributed by atoms with Crippen LogP contribution in [0, 0.1) is 10.1 Å². The van der Waals surface area contributed by atoms with Crippen molar-refractivity contribution in [3.05, 3.63) is 74.1 Å². The molecule has 1 heterocycles. The average Bonchev–Trinajstić information content (AvgIpc) is 3.08. The summed E-state index contributed by atoms with van der Waals surface area (Å²) in [6, 6.07) is 10.5. The number of nitro groups is 1. The highest BCUT2D eigenvalue weighted by Crippen LogP contribution is 2.26. The second kappa shape index (κ2) is 7.51. The summed E-state index contributed by atoms with van der Waals surface area (Å²) < 4.78 is 10.0. The average molecular weight is 394 g/mol. The van der Waals surface area contributed by atoms with Gasteiger partial charge < -0.3 is 9.26 Å². The number of ether oxygens (including phenoxy) is 1. The third-order valence-electron chi connectivity index (χ3n) is 3.29. The number of carbonyl (C=O) groups is 1. The Hall–Kier alpha value is -2.97. The second-order valence-electron chi connectivity index (χ2n) is 4.99. The van der Waals surface area contributed by atoms with Gasteiger partial charge in [0.2, 0.25) is 5.82 Å². The number of hydrogen-bond acceptors (Lipinski definition) is 7. The van der Waals surface area contributed by atoms with E-state index < -0.39 is 16.6 Å². The van der Waals surface area contributed by atoms with E-state index in [0.717, 1.165) is 6.07 Å². The van der Waals surface area contributed by atoms with E-state index in [4.69, 9.17) is 32.5 Å². The minimum Gasteiger partial charge on any atom is -0.452 e. The molecule has 0 bridgehead atoms. The Morgan fingerprint density at radius 2 is 2.00 bits per heavy atom. The van der Waals surface area contributed by atoms with Gasteiger partial charge in [0, 0.05) is 16.7 Å². The number of rotatable bonds is 5. The van der Waals surface area contributed by atoms with Crippen molar-refractivity contribution < 1.29 is 19.0 Å². The van der Waals surface area contributed by atoms with Gasteiger partial charge in [-0.3, -0.25) is 10.1 Å². The lowest BCUT2D eigenvalue weighted by Gasteiger charge is -2.03. The third-order valence-corrected chi connectivity index (χ3v) is 3.85. The van der Waals surface area contributed by atoms with E-state index in [2.05, 4.69) is 10.1 Å². The zero-order valence-corrected chi connectivity index (χ0v) is 14.4. The van der Waals surface area contributed by atoms with Gasteiger partial charge in [0.15, 0.2) is 6.61 Å². The first kappa shape index (κ1) is 17.8. The molecule has 132 valence electrons. The molecule has 0 aliphatic heterocycles. The Morgan fingerprint density at radius 3 is 2.73 bits per heavy atom. The zero-order chi connectivity index (χ0) is 18.7. The summed E-state index contributed by atoms with van der Waals surface area (Å²) in [4.78, 5) is 26.5. The smallest absolute Gasteiger partial charge is 0.345 e. The van der Waals surface area contributed by atoms with Crippen LogP contribution in [0.15, 0.2) is 47.0 Å². The third kappa shape index (κ3) is 3.81. The van der Waals surface area contributed by atoms with Crippen molar-refractivity contribution in [1.82, 2.24) is 10.1 Å². The van der Waals surface area contributed by atoms with Crippen molar-refractivity contribution in [2.45, 2.75) is 6.61 Å². The molecule has 0 N–H and O–H groups in total. The van der Waals surface area contributed by atoms with Crippen LogP contribution < -0.4 is 0 Å². The monoisotopic (exact) mass is 393 g/mol. The lowest BCUT2D eigenvalue weighted by molar-refractivity contribution is -0.385. The van der Waals surface area contributed by atoms with E-state index in [1.807, 2.05) is 0 Å². The molecule has 0 amide bonds. The molecule has 0 aliphatic carbocycles. The maximum absolute atomic E-state index is 12.1. The summed E-state index contributed by atoms with van der Waals surface area (Å²) in [5, 5.41) is 15.4. The van der Waals surface area contributed by atoms with E-state index in [0.29, 0.717) is 10.6 Å². The van der Waals surface area contributed by atoms with E-state index in [1.54, 1.807) is 24.3 Å². The van der Waals surface area contributed by atoms with Crippen LogP contribution in [-0.2, 0) is 11.3 Å². The number of nitro benzene ring substituents is 1. The molecular weight excluding hydrogens is 385 g/mol. The van der Waals surface area contributed by atoms with Crippen molar-refractivity contribution in [3.63, 3.8) is 0 Å². The van der Waals surface area contributed by atoms with Crippen molar-refractivity contribution in [1.29, 1.82) is 0 Å². The van der Waals surface area contributed by atoms with Crippen LogP contribution in [0.5, 0.6) is 0 Å². The lowest BCUT2D eigenvalue weighted by Crippen LogP contribution is -2.08. The lowest BCUT2D eigenvalue weighted by atomic mass is 10.2. The minimum atomic E-state index is -0.911. The standard InChI is InChI=1S/C16H9Cl2N3O5/c17-9-5-6-11(13(7-9)21(23)24)16(22)25-8-14-19-15(20-26-14)10-3-1-2-4-12(10)18/h1-7H,8H2. The maximum atomic E-state index is 12.1. The predicted octanol–water partition coefficient (Wildman–Crippen LogP) is 4.31. The largest absolute Gasteiger partial charge is 0.452 e. The molecule has 0 fully saturated rings. The molecule has 3 rings (SSSR count). The number of halogens is 2. The number of benzene rings is 2. The minimum absolute atomic E-state index is 0.0184. The summed E-state index contributed by atoms with van der Waals surface area (Å²) in [5.41, 5.74) is -0.126. The van der Waals surface area contributed by atoms with Gasteiger partial charge in [0.05, 0.1) is 9.95 Å². The molecule has 1 aromatic heterocycles. The Balaban J connectivity index is 1.73. The van der Waals surface area contributed by atoms with Crippen molar-refractivity contribution >= 4 is 34.9 Å². The maximum Gasteiger partial charge on any atom is 0.345 e. The van der Waals surface area contributed by atoms with Crippen molar-refractivity contribution in [2.75, 3.05) is 0 Å². The Labute approximate surface area is 156 Å². The van der Waals surface area contributed by atoms with Gasteiger partial charge in [-0.15, -0.1) is 0 Å². The summed E-state index contributed by atoms with van der Waals surface area (Å²) in [5.74, 6) is -0.658. The molecule has 0 radical (unpaired) electrons. The first-order chi connectivity index (χ1) is 12.5. The number of carbonyl (C=O) groups excluding carboxylic acids is 1. The van der Waals surface area contributed by atoms with Gasteiger partial charge in [-0.05, 0) is 24.3 Å². The first-order valence-corrected chi connectivity index (χ1v) is 7.90. The normalized spacial score (nSPS) is 10.5. The highest BCUT2D eigenvalue weighted by molar-refractivity contribution is 6.33. The number of nitrogens with zero attached hydrogens (tertiary/aromatic N) is 3. The summed E-state index contributed by atoms with van der Waals surface area (Å²) in [6.07, 6.45) is 0. The first-order valence-electron chi connectivity index (χ1n) is 7.14. The summed E-state index contributed by atoms with van der Waals surface area (Å²) in [7, 11) is 0. The molecule has 0 atom stereocenters. The summed E-state index contributed by atoms with van der Waals surface area (Å²) >= 11 is 11.8.